The van der Waals surface area contributed by atoms with E-state index in [9.17, 15) is 39.0 Å². The molecule has 136 heavy (non-hydrogen) atoms. The van der Waals surface area contributed by atoms with E-state index >= 15 is 0 Å². The van der Waals surface area contributed by atoms with Gasteiger partial charge in [-0.25, -0.2) is 0 Å². The van der Waals surface area contributed by atoms with Crippen molar-refractivity contribution in [3.8, 4) is 67.5 Å². The van der Waals surface area contributed by atoms with Gasteiger partial charge in [0.05, 0.1) is 44.9 Å². The predicted octanol–water partition coefficient (Wildman–Crippen LogP) is 21.5. The molecule has 0 aliphatic carbocycles. The number of hydrogen-bond donors (Lipinski definition) is 5. The number of methoxy groups -OCH3 is 1. The zero-order chi connectivity index (χ0) is 96.1. The van der Waals surface area contributed by atoms with Crippen molar-refractivity contribution in [3.05, 3.63) is 382 Å². The summed E-state index contributed by atoms with van der Waals surface area (Å²) in [6, 6.07) is 94.9. The van der Waals surface area contributed by atoms with Crippen molar-refractivity contribution in [2.24, 2.45) is 0 Å². The molecule has 702 valence electrons. The number of carbonyl (C=O) groups excluding carboxylic acids is 4. The monoisotopic (exact) mass is 2220 g/mol. The number of rotatable bonds is 26. The molecule has 0 spiro atoms. The quantitative estimate of drug-likeness (QED) is 0.0192. The van der Waals surface area contributed by atoms with E-state index in [-0.39, 0.29) is 67.8 Å². The number of aliphatic carboxylic acids is 2. The van der Waals surface area contributed by atoms with Gasteiger partial charge in [0.25, 0.3) is 0 Å². The van der Waals surface area contributed by atoms with Crippen molar-refractivity contribution in [1.82, 2.24) is 9.80 Å². The molecule has 0 bridgehead atoms. The van der Waals surface area contributed by atoms with Crippen LogP contribution in [0.5, 0.6) is 23.0 Å². The summed E-state index contributed by atoms with van der Waals surface area (Å²) in [5.74, 6) is 0.941. The Morgan fingerprint density at radius 2 is 0.765 bits per heavy atom. The van der Waals surface area contributed by atoms with Crippen molar-refractivity contribution in [3.63, 3.8) is 0 Å². The first-order valence-electron chi connectivity index (χ1n) is 43.5. The van der Waals surface area contributed by atoms with Crippen LogP contribution in [0.15, 0.2) is 315 Å². The van der Waals surface area contributed by atoms with Crippen LogP contribution in [-0.4, -0.2) is 140 Å². The molecule has 0 amide bonds. The van der Waals surface area contributed by atoms with Crippen molar-refractivity contribution < 1.29 is 98.1 Å². The molecular weight excluding hydrogens is 2120 g/mol. The van der Waals surface area contributed by atoms with Gasteiger partial charge in [0.2, 0.25) is 0 Å². The van der Waals surface area contributed by atoms with Crippen molar-refractivity contribution in [2.45, 2.75) is 140 Å². The Bertz CT molecular complexity index is 5770. The van der Waals surface area contributed by atoms with E-state index in [1.165, 1.54) is 28.3 Å². The second kappa shape index (κ2) is 57.2. The first-order valence-corrected chi connectivity index (χ1v) is 49.0. The Morgan fingerprint density at radius 3 is 1.15 bits per heavy atom. The number of halogens is 6. The average Bonchev–Trinajstić information content (AvgIpc) is 1.62. The van der Waals surface area contributed by atoms with E-state index < -0.39 is 31.1 Å². The molecule has 0 radical (unpaired) electrons. The fraction of sp³-hybridized carbons (Fsp3) is 0.229. The molecule has 18 nitrogen and oxygen atoms in total. The number of aldehydes is 4. The molecule has 5 N–H and O–H groups in total. The summed E-state index contributed by atoms with van der Waals surface area (Å²) >= 11 is 20.6. The fourth-order valence-corrected chi connectivity index (χ4v) is 17.4. The van der Waals surface area contributed by atoms with E-state index in [2.05, 4.69) is 181 Å². The van der Waals surface area contributed by atoms with Crippen LogP contribution in [0.4, 0.5) is 0 Å². The van der Waals surface area contributed by atoms with Crippen LogP contribution in [0.25, 0.3) is 44.5 Å². The van der Waals surface area contributed by atoms with Gasteiger partial charge in [0.15, 0.2) is 17.4 Å². The minimum absolute atomic E-state index is 0. The number of piperidine rings is 2. The number of alkyl halides is 2. The summed E-state index contributed by atoms with van der Waals surface area (Å²) in [7, 11) is 1.24. The smallest absolute Gasteiger partial charge is 1.00 e. The van der Waals surface area contributed by atoms with Crippen molar-refractivity contribution >= 4 is 163 Å². The van der Waals surface area contributed by atoms with E-state index in [0.717, 1.165) is 177 Å². The van der Waals surface area contributed by atoms with Gasteiger partial charge in [-0.2, -0.15) is 0 Å². The summed E-state index contributed by atoms with van der Waals surface area (Å²) in [6.07, 6.45) is 8.58. The number of phenolic OH excluding ortho intramolecular Hbond substituents is 1. The molecule has 3 aliphatic heterocycles. The molecule has 13 aromatic carbocycles. The number of carboxylic acid groups (broad SMARTS) is 2. The SMILES string of the molecule is BrCc1cccc(-c2cccc(CBr)c2)c1.CC1(C)OB(c2cccc(C=O)c2)OC1(C)C.COc1cccc(-c2cccc(C=O)c2)c1.O=C(O)[C@@H]1CCCCN1Cc1ccc(OCc2cccc(-c3cccc(COc4ccc(CN5CCCC[C@H]5C(=O)O)cc4Br)c3)c2)c(Br)c1.O=Cc1ccc(O)c(Br)c1.O=Cc1cccc(Br)c1.OCc1cccc(-c2cccc(CO)c2)c1.[AlH3].[H-].[Li+]. The number of aliphatic hydroxyl groups is 2. The van der Waals surface area contributed by atoms with E-state index in [0.29, 0.717) is 65.9 Å². The van der Waals surface area contributed by atoms with Gasteiger partial charge in [-0.15, -0.1) is 0 Å². The molecule has 3 fully saturated rings. The molecule has 27 heteroatoms. The number of benzene rings is 13. The van der Waals surface area contributed by atoms with Crippen LogP contribution >= 0.6 is 95.6 Å². The molecule has 16 rings (SSSR count). The zero-order valence-electron chi connectivity index (χ0n) is 77.0. The Kier molecular flexibility index (Phi) is 47.0. The van der Waals surface area contributed by atoms with Gasteiger partial charge >= 0.3 is 37.9 Å². The first kappa shape index (κ1) is 112. The number of likely N-dealkylation sites (tertiary alicyclic amines) is 2. The van der Waals surface area contributed by atoms with E-state index in [4.69, 9.17) is 38.8 Å². The molecule has 3 aliphatic rings. The van der Waals surface area contributed by atoms with Gasteiger partial charge in [-0.05, 0) is 306 Å². The Labute approximate surface area is 871 Å². The van der Waals surface area contributed by atoms with Crippen LogP contribution in [0.1, 0.15) is 154 Å². The maximum Gasteiger partial charge on any atom is 1.00 e. The predicted molar refractivity (Wildman–Crippen MR) is 564 cm³/mol. The van der Waals surface area contributed by atoms with Crippen LogP contribution < -0.4 is 38.5 Å². The number of nitrogens with zero attached hydrogens (tertiary/aromatic N) is 2. The Hall–Kier alpha value is -9.49. The van der Waals surface area contributed by atoms with Crippen LogP contribution in [0.3, 0.4) is 0 Å². The minimum Gasteiger partial charge on any atom is -1.00 e. The second-order valence-electron chi connectivity index (χ2n) is 32.9. The standard InChI is InChI=1S/C40H42Br2N2O6.C14H12Br2.C14H12O2.C14H14O2.C13H17BO3.C7H5BrO2.C7H5BrO.Al.Li.4H/c41-33-21-27(23-43-17-3-1-11-35(43)39(45)46)13-15-37(33)49-25-29-7-5-9-31(19-29)32-10-6-8-30(20-32)26-50-38-16-14-28(22-34(38)42)24-44-18-4-2-12-36(44)40(47)48;15-9-11-3-1-5-13(7-11)14-6-2-4-12(8-14)10-16;1-16-14-7-3-6-13(9-14)12-5-2-4-11(8-12)10-15;15-9-11-3-1-5-13(7-11)14-6-2-4-12(8-14)10-16;1-12(2)13(3,4)17-14(16-12)11-7-5-6-10(8-11)9-15;8-6-3-5(4-9)1-2-7(6)10;8-7-3-1-2-6(4-7)5-9;;;;;;/h5-10,13-16,19-22,35-36H,1-4,11-12,17-18,23-26H2,(H,45,46)(H,47,48);1-8H,9-10H2;2-10H,1H3;1-8,15-16H,9-10H2;5-9H,1-4H3;1-4,10H;1-5H;;;;;;/q;;;;;;;;+1;;;;-1/t35-,36-;;;;;;;;;;;;/m0............/s1. The van der Waals surface area contributed by atoms with E-state index in [1.807, 2.05) is 201 Å². The molecule has 0 unspecified atom stereocenters. The third-order valence-electron chi connectivity index (χ3n) is 22.7. The maximum absolute atomic E-state index is 11.7. The molecule has 13 aromatic rings. The summed E-state index contributed by atoms with van der Waals surface area (Å²) in [4.78, 5) is 69.3. The number of aromatic hydroxyl groups is 1. The number of ether oxygens (including phenoxy) is 3. The van der Waals surface area contributed by atoms with Crippen molar-refractivity contribution in [2.75, 3.05) is 20.2 Å². The van der Waals surface area contributed by atoms with Crippen LogP contribution in [0, 0.1) is 0 Å². The van der Waals surface area contributed by atoms with E-state index in [1.54, 1.807) is 49.6 Å². The first-order chi connectivity index (χ1) is 64.6. The molecular formula is C109H111AlBBr6LiN2O16. The number of phenols is 1. The summed E-state index contributed by atoms with van der Waals surface area (Å²) in [5.41, 5.74) is 20.2. The van der Waals surface area contributed by atoms with Gasteiger partial charge in [-0.1, -0.05) is 261 Å². The number of carbonyl (C=O) groups is 6. The van der Waals surface area contributed by atoms with Gasteiger partial charge in [0.1, 0.15) is 73.4 Å². The summed E-state index contributed by atoms with van der Waals surface area (Å²) in [5, 5.41) is 48.2. The largest absolute Gasteiger partial charge is 1.00 e. The number of hydrogen-bond acceptors (Lipinski definition) is 16. The van der Waals surface area contributed by atoms with Crippen molar-refractivity contribution in [1.29, 1.82) is 0 Å². The molecule has 2 atom stereocenters. The molecule has 0 saturated carbocycles. The number of carboxylic acids is 2. The zero-order valence-corrected chi connectivity index (χ0v) is 85.6. The fourth-order valence-electron chi connectivity index (χ4n) is 14.8. The maximum atomic E-state index is 11.7. The Morgan fingerprint density at radius 1 is 0.412 bits per heavy atom. The third kappa shape index (κ3) is 34.5. The van der Waals surface area contributed by atoms with Gasteiger partial charge in [-0.3, -0.25) is 38.6 Å². The molecule has 3 saturated heterocycles. The van der Waals surface area contributed by atoms with Gasteiger partial charge < -0.3 is 50.5 Å². The normalized spacial score (nSPS) is 14.3. The molecule has 0 aromatic heterocycles. The third-order valence-corrected chi connectivity index (χ3v) is 26.3. The summed E-state index contributed by atoms with van der Waals surface area (Å²) in [6.45, 7) is 11.7. The average molecular weight is 2230 g/mol. The topological polar surface area (TPSA) is 256 Å². The van der Waals surface area contributed by atoms with Crippen LogP contribution in [-0.2, 0) is 69.1 Å². The van der Waals surface area contributed by atoms with Gasteiger partial charge in [0, 0.05) is 50.5 Å². The Balaban J connectivity index is 0.000000242. The number of aliphatic hydroxyl groups excluding tert-OH is 2. The minimum atomic E-state index is -0.746. The summed E-state index contributed by atoms with van der Waals surface area (Å²) < 4.78 is 32.6. The van der Waals surface area contributed by atoms with Crippen LogP contribution in [0.2, 0.25) is 0 Å². The second-order valence-corrected chi connectivity index (χ2v) is 37.5. The molecule has 3 heterocycles.